The lowest BCUT2D eigenvalue weighted by molar-refractivity contribution is -0.120. The maximum Gasteiger partial charge on any atom is 0.246 e. The van der Waals surface area contributed by atoms with Gasteiger partial charge in [-0.25, -0.2) is 4.99 Å². The van der Waals surface area contributed by atoms with Gasteiger partial charge in [0.2, 0.25) is 5.91 Å². The van der Waals surface area contributed by atoms with Crippen LogP contribution in [-0.4, -0.2) is 66.4 Å². The summed E-state index contributed by atoms with van der Waals surface area (Å²) in [4.78, 5) is 21.2. The maximum absolute atomic E-state index is 12.7. The van der Waals surface area contributed by atoms with E-state index in [1.807, 2.05) is 44.1 Å². The number of amides is 1. The molecule has 0 spiro atoms. The average molecular weight is 449 g/mol. The minimum absolute atomic E-state index is 0.00985. The molecule has 1 aliphatic heterocycles. The van der Waals surface area contributed by atoms with Gasteiger partial charge in [-0.2, -0.15) is 5.10 Å². The zero-order chi connectivity index (χ0) is 22.4. The van der Waals surface area contributed by atoms with Crippen LogP contribution in [0.1, 0.15) is 19.4 Å². The fourth-order valence-corrected chi connectivity index (χ4v) is 3.70. The highest BCUT2D eigenvalue weighted by Gasteiger charge is 2.27. The van der Waals surface area contributed by atoms with Crippen LogP contribution in [0.4, 0.5) is 5.69 Å². The van der Waals surface area contributed by atoms with Crippen LogP contribution in [0.15, 0.2) is 29.5 Å². The number of guanidine groups is 1. The zero-order valence-corrected chi connectivity index (χ0v) is 19.1. The first-order valence-corrected chi connectivity index (χ1v) is 10.7. The number of nitrogens with zero attached hydrogens (tertiary/aromatic N) is 5. The van der Waals surface area contributed by atoms with Crippen molar-refractivity contribution >= 4 is 29.2 Å². The monoisotopic (exact) mass is 448 g/mol. The average Bonchev–Trinajstić information content (AvgIpc) is 3.18. The highest BCUT2D eigenvalue weighted by Crippen LogP contribution is 2.36. The van der Waals surface area contributed by atoms with E-state index in [4.69, 9.17) is 26.1 Å². The minimum Gasteiger partial charge on any atom is -0.493 e. The van der Waals surface area contributed by atoms with Crippen molar-refractivity contribution in [1.29, 1.82) is 0 Å². The maximum atomic E-state index is 12.7. The summed E-state index contributed by atoms with van der Waals surface area (Å²) in [6, 6.07) is 3.70. The van der Waals surface area contributed by atoms with Crippen LogP contribution in [0, 0.1) is 0 Å². The molecule has 0 aliphatic carbocycles. The number of nitrogens with one attached hydrogen (secondary N) is 1. The normalized spacial score (nSPS) is 14.7. The summed E-state index contributed by atoms with van der Waals surface area (Å²) >= 11 is 6.38. The van der Waals surface area contributed by atoms with Gasteiger partial charge in [-0.15, -0.1) is 0 Å². The van der Waals surface area contributed by atoms with Crippen molar-refractivity contribution in [1.82, 2.24) is 20.0 Å². The number of benzene rings is 1. The number of hydrogen-bond acceptors (Lipinski definition) is 5. The molecule has 0 atom stereocenters. The lowest BCUT2D eigenvalue weighted by Crippen LogP contribution is -2.55. The molecule has 1 saturated heterocycles. The highest BCUT2D eigenvalue weighted by molar-refractivity contribution is 6.32. The number of aliphatic imine (C=N–C) groups is 1. The van der Waals surface area contributed by atoms with Gasteiger partial charge in [-0.1, -0.05) is 11.6 Å². The largest absolute Gasteiger partial charge is 0.493 e. The van der Waals surface area contributed by atoms with Crippen LogP contribution in [-0.2, 0) is 18.4 Å². The first kappa shape index (κ1) is 22.7. The number of rotatable bonds is 7. The summed E-state index contributed by atoms with van der Waals surface area (Å²) in [5, 5.41) is 7.91. The lowest BCUT2D eigenvalue weighted by atomic mass is 10.2. The topological polar surface area (TPSA) is 84.2 Å². The van der Waals surface area contributed by atoms with Crippen LogP contribution in [0.25, 0.3) is 0 Å². The second kappa shape index (κ2) is 10.4. The molecule has 2 heterocycles. The Bertz CT molecular complexity index is 945. The number of methoxy groups -OCH3 is 1. The van der Waals surface area contributed by atoms with Crippen LogP contribution in [0.5, 0.6) is 11.5 Å². The van der Waals surface area contributed by atoms with Gasteiger partial charge in [0.25, 0.3) is 0 Å². The Morgan fingerprint density at radius 3 is 2.74 bits per heavy atom. The Kier molecular flexibility index (Phi) is 7.62. The number of ether oxygens (including phenoxy) is 2. The Morgan fingerprint density at radius 2 is 2.13 bits per heavy atom. The highest BCUT2D eigenvalue weighted by atomic mass is 35.5. The van der Waals surface area contributed by atoms with Crippen LogP contribution in [0.2, 0.25) is 5.02 Å². The molecule has 1 fully saturated rings. The van der Waals surface area contributed by atoms with Gasteiger partial charge < -0.3 is 24.6 Å². The molecule has 0 bridgehead atoms. The summed E-state index contributed by atoms with van der Waals surface area (Å²) in [5.74, 6) is 1.80. The van der Waals surface area contributed by atoms with Crippen molar-refractivity contribution in [3.05, 3.63) is 35.1 Å². The van der Waals surface area contributed by atoms with E-state index in [1.165, 1.54) is 0 Å². The molecule has 1 amide bonds. The summed E-state index contributed by atoms with van der Waals surface area (Å²) in [7, 11) is 3.42. The van der Waals surface area contributed by atoms with E-state index in [9.17, 15) is 4.79 Å². The number of hydrogen-bond donors (Lipinski definition) is 1. The molecular formula is C21H29ClN6O3. The third-order valence-corrected chi connectivity index (χ3v) is 5.13. The van der Waals surface area contributed by atoms with Crippen molar-refractivity contribution < 1.29 is 14.3 Å². The van der Waals surface area contributed by atoms with Crippen LogP contribution in [0.3, 0.4) is 0 Å². The number of piperazine rings is 1. The molecule has 0 unspecified atom stereocenters. The molecule has 10 heteroatoms. The molecule has 2 aromatic rings. The predicted octanol–water partition coefficient (Wildman–Crippen LogP) is 2.30. The van der Waals surface area contributed by atoms with Crippen molar-refractivity contribution in [2.75, 3.05) is 44.8 Å². The van der Waals surface area contributed by atoms with E-state index in [0.717, 1.165) is 11.3 Å². The predicted molar refractivity (Wildman–Crippen MR) is 121 cm³/mol. The second-order valence-corrected chi connectivity index (χ2v) is 7.46. The van der Waals surface area contributed by atoms with Crippen LogP contribution >= 0.6 is 11.6 Å². The minimum atomic E-state index is 0.00985. The number of carbonyl (C=O) groups excluding carboxylic acids is 1. The molecule has 1 aliphatic rings. The molecule has 1 aromatic heterocycles. The van der Waals surface area contributed by atoms with E-state index in [2.05, 4.69) is 10.4 Å². The van der Waals surface area contributed by atoms with Crippen molar-refractivity contribution in [3.8, 4) is 11.5 Å². The number of carbonyl (C=O) groups is 1. The molecule has 1 N–H and O–H groups in total. The number of halogens is 1. The summed E-state index contributed by atoms with van der Waals surface area (Å²) in [6.45, 7) is 6.96. The Hall–Kier alpha value is -2.94. The molecule has 9 nitrogen and oxygen atoms in total. The van der Waals surface area contributed by atoms with Crippen molar-refractivity contribution in [2.24, 2.45) is 12.0 Å². The van der Waals surface area contributed by atoms with Gasteiger partial charge in [0.05, 0.1) is 37.2 Å². The molecule has 0 radical (unpaired) electrons. The summed E-state index contributed by atoms with van der Waals surface area (Å²) in [5.41, 5.74) is 1.70. The van der Waals surface area contributed by atoms with E-state index >= 15 is 0 Å². The first-order valence-electron chi connectivity index (χ1n) is 10.3. The number of aromatic nitrogens is 2. The van der Waals surface area contributed by atoms with E-state index in [0.29, 0.717) is 55.3 Å². The van der Waals surface area contributed by atoms with Gasteiger partial charge in [0.1, 0.15) is 6.54 Å². The third-order valence-electron chi connectivity index (χ3n) is 4.85. The Labute approximate surface area is 187 Å². The quantitative estimate of drug-likeness (QED) is 0.517. The smallest absolute Gasteiger partial charge is 0.246 e. The second-order valence-electron chi connectivity index (χ2n) is 7.05. The Morgan fingerprint density at radius 1 is 1.32 bits per heavy atom. The molecule has 3 rings (SSSR count). The lowest BCUT2D eigenvalue weighted by Gasteiger charge is -2.35. The van der Waals surface area contributed by atoms with E-state index in [-0.39, 0.29) is 12.5 Å². The third kappa shape index (κ3) is 5.41. The van der Waals surface area contributed by atoms with Crippen molar-refractivity contribution in [2.45, 2.75) is 20.4 Å². The fourth-order valence-electron chi connectivity index (χ4n) is 3.42. The van der Waals surface area contributed by atoms with E-state index < -0.39 is 0 Å². The fraction of sp³-hybridized carbons (Fsp3) is 0.476. The van der Waals surface area contributed by atoms with Gasteiger partial charge in [-0.3, -0.25) is 9.48 Å². The van der Waals surface area contributed by atoms with Gasteiger partial charge >= 0.3 is 0 Å². The standard InChI is InChI=1S/C21H29ClN6O3/c1-5-23-21(24-11-15-9-17(22)20(31-6-2)18(10-15)30-4)27-7-8-28(19(29)14-27)16-12-25-26(3)13-16/h9-10,12-13H,5-8,11,14H2,1-4H3,(H,23,24). The SMILES string of the molecule is CCNC(=NCc1cc(Cl)c(OCC)c(OC)c1)N1CCN(c2cnn(C)c2)C(=O)C1. The zero-order valence-electron chi connectivity index (χ0n) is 18.4. The van der Waals surface area contributed by atoms with Gasteiger partial charge in [0.15, 0.2) is 17.5 Å². The van der Waals surface area contributed by atoms with E-state index in [1.54, 1.807) is 22.9 Å². The summed E-state index contributed by atoms with van der Waals surface area (Å²) in [6.07, 6.45) is 3.55. The van der Waals surface area contributed by atoms with Gasteiger partial charge in [0, 0.05) is 32.9 Å². The van der Waals surface area contributed by atoms with Crippen LogP contribution < -0.4 is 19.7 Å². The molecule has 0 saturated carbocycles. The van der Waals surface area contributed by atoms with Gasteiger partial charge in [-0.05, 0) is 31.5 Å². The Balaban J connectivity index is 1.74. The molecule has 31 heavy (non-hydrogen) atoms. The summed E-state index contributed by atoms with van der Waals surface area (Å²) < 4.78 is 12.7. The first-order chi connectivity index (χ1) is 15.0. The molecular weight excluding hydrogens is 420 g/mol. The number of aryl methyl sites for hydroxylation is 1. The van der Waals surface area contributed by atoms with Crippen molar-refractivity contribution in [3.63, 3.8) is 0 Å². The number of anilines is 1. The molecule has 168 valence electrons. The molecule has 1 aromatic carbocycles.